The maximum absolute atomic E-state index is 12.6. The maximum Gasteiger partial charge on any atom is 0.276 e. The highest BCUT2D eigenvalue weighted by atomic mass is 16.4. The van der Waals surface area contributed by atoms with Crippen LogP contribution in [0, 0.1) is 13.8 Å². The lowest BCUT2D eigenvalue weighted by Gasteiger charge is -2.14. The molecule has 0 fully saturated rings. The van der Waals surface area contributed by atoms with Gasteiger partial charge in [0.25, 0.3) is 5.91 Å². The standard InChI is InChI=1S/C18H18N2O3/c1-12-9-10-15(22-12)11-20(3)18(21)16-13(2)23-17(19-16)14-7-5-4-6-8-14/h4-10H,11H2,1-3H3. The van der Waals surface area contributed by atoms with Crippen molar-refractivity contribution in [2.75, 3.05) is 7.05 Å². The fraction of sp³-hybridized carbons (Fsp3) is 0.222. The predicted molar refractivity (Wildman–Crippen MR) is 85.9 cm³/mol. The van der Waals surface area contributed by atoms with E-state index in [1.165, 1.54) is 0 Å². The molecule has 0 unspecified atom stereocenters. The Labute approximate surface area is 134 Å². The molecule has 2 aromatic heterocycles. The number of hydrogen-bond acceptors (Lipinski definition) is 4. The third kappa shape index (κ3) is 3.18. The summed E-state index contributed by atoms with van der Waals surface area (Å²) in [5.74, 6) is 2.33. The third-order valence-electron chi connectivity index (χ3n) is 3.56. The number of oxazole rings is 1. The van der Waals surface area contributed by atoms with Gasteiger partial charge in [-0.1, -0.05) is 18.2 Å². The molecule has 1 aromatic carbocycles. The molecule has 0 radical (unpaired) electrons. The summed E-state index contributed by atoms with van der Waals surface area (Å²) in [5, 5.41) is 0. The molecular weight excluding hydrogens is 292 g/mol. The minimum atomic E-state index is -0.192. The average Bonchev–Trinajstić information content (AvgIpc) is 3.13. The zero-order chi connectivity index (χ0) is 16.4. The predicted octanol–water partition coefficient (Wildman–Crippen LogP) is 3.82. The van der Waals surface area contributed by atoms with Gasteiger partial charge in [0.05, 0.1) is 6.54 Å². The van der Waals surface area contributed by atoms with E-state index >= 15 is 0 Å². The minimum Gasteiger partial charge on any atom is -0.464 e. The van der Waals surface area contributed by atoms with Crippen LogP contribution in [0.2, 0.25) is 0 Å². The van der Waals surface area contributed by atoms with Crippen LogP contribution in [0.5, 0.6) is 0 Å². The van der Waals surface area contributed by atoms with Crippen LogP contribution in [0.1, 0.15) is 27.8 Å². The van der Waals surface area contributed by atoms with Crippen molar-refractivity contribution in [1.29, 1.82) is 0 Å². The first kappa shape index (κ1) is 15.1. The van der Waals surface area contributed by atoms with Gasteiger partial charge in [-0.05, 0) is 38.1 Å². The van der Waals surface area contributed by atoms with Gasteiger partial charge in [-0.25, -0.2) is 4.98 Å². The van der Waals surface area contributed by atoms with E-state index in [-0.39, 0.29) is 5.91 Å². The number of hydrogen-bond donors (Lipinski definition) is 0. The molecule has 0 N–H and O–H groups in total. The molecule has 118 valence electrons. The van der Waals surface area contributed by atoms with Crippen molar-refractivity contribution in [2.24, 2.45) is 0 Å². The Bertz CT molecular complexity index is 818. The summed E-state index contributed by atoms with van der Waals surface area (Å²) in [6.45, 7) is 4.01. The number of carbonyl (C=O) groups is 1. The van der Waals surface area contributed by atoms with Gasteiger partial charge in [0.2, 0.25) is 5.89 Å². The van der Waals surface area contributed by atoms with Gasteiger partial charge in [-0.3, -0.25) is 4.79 Å². The van der Waals surface area contributed by atoms with E-state index in [1.807, 2.05) is 49.4 Å². The Morgan fingerprint density at radius 2 is 1.83 bits per heavy atom. The highest BCUT2D eigenvalue weighted by Gasteiger charge is 2.22. The van der Waals surface area contributed by atoms with Crippen LogP contribution in [0.4, 0.5) is 0 Å². The zero-order valence-corrected chi connectivity index (χ0v) is 13.4. The monoisotopic (exact) mass is 310 g/mol. The van der Waals surface area contributed by atoms with Gasteiger partial charge < -0.3 is 13.7 Å². The fourth-order valence-corrected chi connectivity index (χ4v) is 2.36. The number of benzene rings is 1. The molecular formula is C18H18N2O3. The lowest BCUT2D eigenvalue weighted by Crippen LogP contribution is -2.26. The smallest absolute Gasteiger partial charge is 0.276 e. The van der Waals surface area contributed by atoms with Crippen molar-refractivity contribution in [3.05, 3.63) is 65.4 Å². The lowest BCUT2D eigenvalue weighted by molar-refractivity contribution is 0.0768. The van der Waals surface area contributed by atoms with Crippen LogP contribution in [-0.2, 0) is 6.54 Å². The van der Waals surface area contributed by atoms with Crippen LogP contribution in [0.3, 0.4) is 0 Å². The molecule has 3 rings (SSSR count). The SMILES string of the molecule is Cc1ccc(CN(C)C(=O)c2nc(-c3ccccc3)oc2C)o1. The zero-order valence-electron chi connectivity index (χ0n) is 13.4. The van der Waals surface area contributed by atoms with Crippen LogP contribution < -0.4 is 0 Å². The number of carbonyl (C=O) groups excluding carboxylic acids is 1. The molecule has 0 spiro atoms. The number of nitrogens with zero attached hydrogens (tertiary/aromatic N) is 2. The van der Waals surface area contributed by atoms with Crippen molar-refractivity contribution in [3.8, 4) is 11.5 Å². The molecule has 1 amide bonds. The van der Waals surface area contributed by atoms with Crippen LogP contribution in [0.15, 0.2) is 51.3 Å². The molecule has 23 heavy (non-hydrogen) atoms. The lowest BCUT2D eigenvalue weighted by atomic mass is 10.2. The van der Waals surface area contributed by atoms with Crippen molar-refractivity contribution in [3.63, 3.8) is 0 Å². The van der Waals surface area contributed by atoms with E-state index in [0.29, 0.717) is 23.9 Å². The highest BCUT2D eigenvalue weighted by molar-refractivity contribution is 5.93. The second kappa shape index (κ2) is 6.12. The van der Waals surface area contributed by atoms with E-state index in [4.69, 9.17) is 8.83 Å². The number of aryl methyl sites for hydroxylation is 2. The van der Waals surface area contributed by atoms with E-state index in [9.17, 15) is 4.79 Å². The summed E-state index contributed by atoms with van der Waals surface area (Å²) in [6, 6.07) is 13.3. The van der Waals surface area contributed by atoms with E-state index in [2.05, 4.69) is 4.98 Å². The quantitative estimate of drug-likeness (QED) is 0.735. The molecule has 0 saturated carbocycles. The van der Waals surface area contributed by atoms with Crippen molar-refractivity contribution >= 4 is 5.91 Å². The number of aromatic nitrogens is 1. The largest absolute Gasteiger partial charge is 0.464 e. The van der Waals surface area contributed by atoms with Gasteiger partial charge in [0.15, 0.2) is 5.69 Å². The summed E-state index contributed by atoms with van der Waals surface area (Å²) in [6.07, 6.45) is 0. The second-order valence-electron chi connectivity index (χ2n) is 5.46. The summed E-state index contributed by atoms with van der Waals surface area (Å²) in [4.78, 5) is 18.5. The molecule has 0 atom stereocenters. The van der Waals surface area contributed by atoms with Gasteiger partial charge in [-0.2, -0.15) is 0 Å². The number of rotatable bonds is 4. The Kier molecular flexibility index (Phi) is 4.02. The summed E-state index contributed by atoms with van der Waals surface area (Å²) >= 11 is 0. The fourth-order valence-electron chi connectivity index (χ4n) is 2.36. The number of furan rings is 1. The summed E-state index contributed by atoms with van der Waals surface area (Å²) in [5.41, 5.74) is 1.17. The van der Waals surface area contributed by atoms with E-state index in [1.54, 1.807) is 18.9 Å². The minimum absolute atomic E-state index is 0.192. The van der Waals surface area contributed by atoms with E-state index in [0.717, 1.165) is 17.1 Å². The number of amides is 1. The third-order valence-corrected chi connectivity index (χ3v) is 3.56. The van der Waals surface area contributed by atoms with Crippen LogP contribution in [-0.4, -0.2) is 22.8 Å². The average molecular weight is 310 g/mol. The molecule has 0 saturated heterocycles. The van der Waals surface area contributed by atoms with E-state index < -0.39 is 0 Å². The van der Waals surface area contributed by atoms with Crippen LogP contribution in [0.25, 0.3) is 11.5 Å². The Morgan fingerprint density at radius 1 is 1.09 bits per heavy atom. The maximum atomic E-state index is 12.6. The molecule has 0 aliphatic carbocycles. The van der Waals surface area contributed by atoms with Gasteiger partial charge in [0.1, 0.15) is 17.3 Å². The van der Waals surface area contributed by atoms with Crippen LogP contribution >= 0.6 is 0 Å². The molecule has 0 aliphatic heterocycles. The molecule has 3 aromatic rings. The summed E-state index contributed by atoms with van der Waals surface area (Å²) in [7, 11) is 1.72. The molecule has 5 heteroatoms. The van der Waals surface area contributed by atoms with Crippen molar-refractivity contribution in [2.45, 2.75) is 20.4 Å². The Hall–Kier alpha value is -2.82. The molecule has 5 nitrogen and oxygen atoms in total. The first-order chi connectivity index (χ1) is 11.0. The Morgan fingerprint density at radius 3 is 2.48 bits per heavy atom. The Balaban J connectivity index is 1.81. The van der Waals surface area contributed by atoms with Crippen molar-refractivity contribution < 1.29 is 13.6 Å². The molecule has 0 aliphatic rings. The molecule has 2 heterocycles. The normalized spacial score (nSPS) is 10.7. The summed E-state index contributed by atoms with van der Waals surface area (Å²) < 4.78 is 11.2. The van der Waals surface area contributed by atoms with Gasteiger partial charge in [0, 0.05) is 12.6 Å². The topological polar surface area (TPSA) is 59.5 Å². The molecule has 0 bridgehead atoms. The second-order valence-corrected chi connectivity index (χ2v) is 5.46. The first-order valence-corrected chi connectivity index (χ1v) is 7.38. The van der Waals surface area contributed by atoms with Gasteiger partial charge >= 0.3 is 0 Å². The first-order valence-electron chi connectivity index (χ1n) is 7.38. The van der Waals surface area contributed by atoms with Gasteiger partial charge in [-0.15, -0.1) is 0 Å². The highest BCUT2D eigenvalue weighted by Crippen LogP contribution is 2.22. The van der Waals surface area contributed by atoms with Crippen molar-refractivity contribution in [1.82, 2.24) is 9.88 Å².